The average Bonchev–Trinajstić information content (AvgIpc) is 3.12. The maximum absolute atomic E-state index is 12.8. The lowest BCUT2D eigenvalue weighted by Crippen LogP contribution is -2.45. The summed E-state index contributed by atoms with van der Waals surface area (Å²) < 4.78 is 40.5. The van der Waals surface area contributed by atoms with Gasteiger partial charge in [-0.25, -0.2) is 4.98 Å². The summed E-state index contributed by atoms with van der Waals surface area (Å²) in [5.74, 6) is 0.281. The molecule has 1 aliphatic rings. The van der Waals surface area contributed by atoms with E-state index in [2.05, 4.69) is 37.3 Å². The van der Waals surface area contributed by atoms with E-state index in [1.54, 1.807) is 13.2 Å². The number of guanidine groups is 1. The van der Waals surface area contributed by atoms with Crippen molar-refractivity contribution in [1.82, 2.24) is 20.2 Å². The second-order valence-electron chi connectivity index (χ2n) is 7.12. The number of benzene rings is 1. The van der Waals surface area contributed by atoms with Gasteiger partial charge in [0.1, 0.15) is 5.82 Å². The van der Waals surface area contributed by atoms with E-state index in [0.29, 0.717) is 25.3 Å². The summed E-state index contributed by atoms with van der Waals surface area (Å²) in [5.41, 5.74) is 1.19. The first-order valence-corrected chi connectivity index (χ1v) is 9.53. The normalized spacial score (nSPS) is 20.1. The second kappa shape index (κ2) is 10.8. The van der Waals surface area contributed by atoms with Crippen molar-refractivity contribution in [3.05, 3.63) is 54.1 Å². The highest BCUT2D eigenvalue weighted by atomic mass is 127. The van der Waals surface area contributed by atoms with Gasteiger partial charge in [0, 0.05) is 32.0 Å². The van der Waals surface area contributed by atoms with Crippen LogP contribution in [-0.4, -0.2) is 34.8 Å². The topological polar surface area (TPSA) is 54.2 Å². The molecule has 5 nitrogen and oxygen atoms in total. The van der Waals surface area contributed by atoms with Gasteiger partial charge in [-0.3, -0.25) is 4.99 Å². The van der Waals surface area contributed by atoms with Gasteiger partial charge >= 0.3 is 6.18 Å². The van der Waals surface area contributed by atoms with Crippen molar-refractivity contribution in [1.29, 1.82) is 0 Å². The summed E-state index contributed by atoms with van der Waals surface area (Å²) in [6, 6.07) is 10.1. The van der Waals surface area contributed by atoms with E-state index in [4.69, 9.17) is 0 Å². The second-order valence-corrected chi connectivity index (χ2v) is 7.12. The molecule has 1 saturated carbocycles. The number of halogens is 4. The molecule has 9 heteroatoms. The zero-order chi connectivity index (χ0) is 20.0. The molecule has 0 atom stereocenters. The molecule has 1 heterocycles. The van der Waals surface area contributed by atoms with Gasteiger partial charge in [0.15, 0.2) is 5.96 Å². The van der Waals surface area contributed by atoms with Gasteiger partial charge in [-0.2, -0.15) is 13.2 Å². The Morgan fingerprint density at radius 1 is 1.17 bits per heavy atom. The summed E-state index contributed by atoms with van der Waals surface area (Å²) in [6.07, 6.45) is 0.925. The monoisotopic (exact) mass is 521 g/mol. The fraction of sp³-hybridized carbons (Fsp3) is 0.500. The predicted molar refractivity (Wildman–Crippen MR) is 118 cm³/mol. The SMILES string of the molecule is CN=C(NCc1nccn1Cc1ccccc1)NC1CCC(C(F)(F)F)CC1.I. The maximum atomic E-state index is 12.8. The van der Waals surface area contributed by atoms with Gasteiger partial charge in [0.2, 0.25) is 0 Å². The number of aromatic nitrogens is 2. The molecule has 0 saturated heterocycles. The number of aliphatic imine (C=N–C) groups is 1. The zero-order valence-electron chi connectivity index (χ0n) is 16.3. The van der Waals surface area contributed by atoms with Crippen LogP contribution in [0.2, 0.25) is 0 Å². The Labute approximate surface area is 186 Å². The standard InChI is InChI=1S/C20H26F3N5.HI/c1-24-19(27-17-9-7-16(8-10-17)20(21,22)23)26-13-18-25-11-12-28(18)14-15-5-3-2-4-6-15;/h2-6,11-12,16-17H,7-10,13-14H2,1H3,(H2,24,26,27);1H. The predicted octanol–water partition coefficient (Wildman–Crippen LogP) is 4.34. The third kappa shape index (κ3) is 6.90. The number of hydrogen-bond acceptors (Lipinski definition) is 2. The number of alkyl halides is 3. The minimum absolute atomic E-state index is 0. The summed E-state index contributed by atoms with van der Waals surface area (Å²) in [5, 5.41) is 6.46. The molecule has 1 fully saturated rings. The highest BCUT2D eigenvalue weighted by molar-refractivity contribution is 14.0. The van der Waals surface area contributed by atoms with Gasteiger partial charge < -0.3 is 15.2 Å². The average molecular weight is 521 g/mol. The van der Waals surface area contributed by atoms with E-state index in [0.717, 1.165) is 12.4 Å². The van der Waals surface area contributed by atoms with Crippen LogP contribution in [0, 0.1) is 5.92 Å². The van der Waals surface area contributed by atoms with Crippen molar-refractivity contribution in [2.45, 2.75) is 51.0 Å². The Balaban J connectivity index is 0.00000300. The van der Waals surface area contributed by atoms with Crippen molar-refractivity contribution >= 4 is 29.9 Å². The third-order valence-electron chi connectivity index (χ3n) is 5.17. The van der Waals surface area contributed by atoms with E-state index in [1.807, 2.05) is 24.4 Å². The smallest absolute Gasteiger partial charge is 0.354 e. The number of rotatable bonds is 5. The molecule has 2 N–H and O–H groups in total. The third-order valence-corrected chi connectivity index (χ3v) is 5.17. The summed E-state index contributed by atoms with van der Waals surface area (Å²) >= 11 is 0. The molecule has 0 aliphatic heterocycles. The summed E-state index contributed by atoms with van der Waals surface area (Å²) in [6.45, 7) is 1.21. The number of nitrogens with zero attached hydrogens (tertiary/aromatic N) is 3. The van der Waals surface area contributed by atoms with Crippen LogP contribution in [-0.2, 0) is 13.1 Å². The van der Waals surface area contributed by atoms with Crippen molar-refractivity contribution < 1.29 is 13.2 Å². The highest BCUT2D eigenvalue weighted by Gasteiger charge is 2.41. The first kappa shape index (κ1) is 23.5. The van der Waals surface area contributed by atoms with Crippen LogP contribution in [0.4, 0.5) is 13.2 Å². The lowest BCUT2D eigenvalue weighted by molar-refractivity contribution is -0.182. The molecular weight excluding hydrogens is 494 g/mol. The number of nitrogens with one attached hydrogen (secondary N) is 2. The fourth-order valence-corrected chi connectivity index (χ4v) is 3.55. The Morgan fingerprint density at radius 2 is 1.86 bits per heavy atom. The van der Waals surface area contributed by atoms with Crippen LogP contribution in [0.15, 0.2) is 47.7 Å². The molecule has 160 valence electrons. The quantitative estimate of drug-likeness (QED) is 0.350. The molecule has 1 aromatic heterocycles. The van der Waals surface area contributed by atoms with Crippen molar-refractivity contribution in [3.63, 3.8) is 0 Å². The van der Waals surface area contributed by atoms with Crippen molar-refractivity contribution in [2.75, 3.05) is 7.05 Å². The van der Waals surface area contributed by atoms with Gasteiger partial charge in [0.25, 0.3) is 0 Å². The maximum Gasteiger partial charge on any atom is 0.391 e. The largest absolute Gasteiger partial charge is 0.391 e. The Morgan fingerprint density at radius 3 is 2.48 bits per heavy atom. The number of hydrogen-bond donors (Lipinski definition) is 2. The van der Waals surface area contributed by atoms with Gasteiger partial charge in [-0.1, -0.05) is 30.3 Å². The van der Waals surface area contributed by atoms with Crippen LogP contribution in [0.5, 0.6) is 0 Å². The van der Waals surface area contributed by atoms with Gasteiger partial charge in [0.05, 0.1) is 12.5 Å². The van der Waals surface area contributed by atoms with E-state index in [1.165, 1.54) is 5.56 Å². The van der Waals surface area contributed by atoms with Crippen LogP contribution < -0.4 is 10.6 Å². The molecule has 2 aromatic rings. The molecule has 0 amide bonds. The molecule has 0 spiro atoms. The van der Waals surface area contributed by atoms with Crippen LogP contribution in [0.1, 0.15) is 37.1 Å². The summed E-state index contributed by atoms with van der Waals surface area (Å²) in [4.78, 5) is 8.59. The number of imidazole rings is 1. The van der Waals surface area contributed by atoms with Crippen LogP contribution in [0.3, 0.4) is 0 Å². The minimum atomic E-state index is -4.08. The molecule has 0 unspecified atom stereocenters. The zero-order valence-corrected chi connectivity index (χ0v) is 18.7. The van der Waals surface area contributed by atoms with E-state index >= 15 is 0 Å². The fourth-order valence-electron chi connectivity index (χ4n) is 3.55. The molecule has 0 radical (unpaired) electrons. The van der Waals surface area contributed by atoms with E-state index < -0.39 is 12.1 Å². The van der Waals surface area contributed by atoms with E-state index in [9.17, 15) is 13.2 Å². The van der Waals surface area contributed by atoms with E-state index in [-0.39, 0.29) is 42.9 Å². The Bertz CT molecular complexity index is 768. The Hall–Kier alpha value is -1.78. The molecule has 1 aliphatic carbocycles. The molecule has 3 rings (SSSR count). The van der Waals surface area contributed by atoms with Crippen LogP contribution in [0.25, 0.3) is 0 Å². The minimum Gasteiger partial charge on any atom is -0.354 e. The van der Waals surface area contributed by atoms with Crippen molar-refractivity contribution in [2.24, 2.45) is 10.9 Å². The molecule has 0 bridgehead atoms. The Kier molecular flexibility index (Phi) is 8.79. The lowest BCUT2D eigenvalue weighted by atomic mass is 9.85. The first-order chi connectivity index (χ1) is 13.5. The first-order valence-electron chi connectivity index (χ1n) is 9.53. The molecule has 1 aromatic carbocycles. The van der Waals surface area contributed by atoms with Crippen LogP contribution >= 0.6 is 24.0 Å². The van der Waals surface area contributed by atoms with Gasteiger partial charge in [-0.15, -0.1) is 24.0 Å². The van der Waals surface area contributed by atoms with Crippen molar-refractivity contribution in [3.8, 4) is 0 Å². The molecule has 29 heavy (non-hydrogen) atoms. The molecular formula is C20H27F3IN5. The summed E-state index contributed by atoms with van der Waals surface area (Å²) in [7, 11) is 1.66. The lowest BCUT2D eigenvalue weighted by Gasteiger charge is -2.31. The van der Waals surface area contributed by atoms with Gasteiger partial charge in [-0.05, 0) is 31.2 Å². The highest BCUT2D eigenvalue weighted by Crippen LogP contribution is 2.37.